The zero-order chi connectivity index (χ0) is 29.5. The molecule has 0 aromatic heterocycles. The average Bonchev–Trinajstić information content (AvgIpc) is 3.07. The molecular formula is C27H38O12. The number of carbonyl (C=O) groups is 4. The summed E-state index contributed by atoms with van der Waals surface area (Å²) in [6, 6.07) is 0. The maximum atomic E-state index is 12.7. The van der Waals surface area contributed by atoms with Crippen LogP contribution in [0.3, 0.4) is 0 Å². The van der Waals surface area contributed by atoms with Crippen LogP contribution in [0.15, 0.2) is 11.1 Å². The molecule has 3 fully saturated rings. The molecule has 12 heteroatoms. The highest BCUT2D eigenvalue weighted by molar-refractivity contribution is 5.70. The number of ether oxygens (including phenoxy) is 5. The number of carbonyl (C=O) groups excluding carboxylic acids is 4. The smallest absolute Gasteiger partial charge is 0.303 e. The van der Waals surface area contributed by atoms with E-state index in [0.29, 0.717) is 5.57 Å². The SMILES string of the molecule is CC(=O)OC1C(O)C2=C(C)C(O)CC2(C(C)(C)O)C(OC(C)=O)C2C3(OC(C)=O)COC3C(OC(C)=O)C12C. The fourth-order valence-corrected chi connectivity index (χ4v) is 7.98. The summed E-state index contributed by atoms with van der Waals surface area (Å²) in [5, 5.41) is 35.0. The monoisotopic (exact) mass is 554 g/mol. The summed E-state index contributed by atoms with van der Waals surface area (Å²) in [6.45, 7) is 10.6. The molecule has 1 saturated heterocycles. The number of aliphatic hydroxyl groups is 3. The first-order valence-corrected chi connectivity index (χ1v) is 13.0. The summed E-state index contributed by atoms with van der Waals surface area (Å²) in [5.41, 5.74) is -6.06. The van der Waals surface area contributed by atoms with E-state index in [9.17, 15) is 34.5 Å². The molecule has 4 rings (SSSR count). The lowest BCUT2D eigenvalue weighted by Crippen LogP contribution is -2.68. The second-order valence-corrected chi connectivity index (χ2v) is 12.0. The van der Waals surface area contributed by atoms with Crippen molar-refractivity contribution in [3.63, 3.8) is 0 Å². The zero-order valence-corrected chi connectivity index (χ0v) is 23.5. The Balaban J connectivity index is 2.16. The van der Waals surface area contributed by atoms with Crippen LogP contribution in [0, 0.1) is 16.7 Å². The fourth-order valence-electron chi connectivity index (χ4n) is 7.98. The quantitative estimate of drug-likeness (QED) is 0.242. The molecule has 2 saturated carbocycles. The van der Waals surface area contributed by atoms with Gasteiger partial charge in [0, 0.05) is 27.7 Å². The van der Waals surface area contributed by atoms with Gasteiger partial charge in [-0.1, -0.05) is 6.92 Å². The lowest BCUT2D eigenvalue weighted by molar-refractivity contribution is -0.283. The molecule has 1 heterocycles. The number of aliphatic hydroxyl groups excluding tert-OH is 2. The van der Waals surface area contributed by atoms with Gasteiger partial charge in [-0.25, -0.2) is 0 Å². The van der Waals surface area contributed by atoms with Gasteiger partial charge in [-0.15, -0.1) is 0 Å². The Kier molecular flexibility index (Phi) is 6.99. The summed E-state index contributed by atoms with van der Waals surface area (Å²) < 4.78 is 29.3. The van der Waals surface area contributed by atoms with E-state index in [-0.39, 0.29) is 18.6 Å². The van der Waals surface area contributed by atoms with E-state index in [1.807, 2.05) is 0 Å². The minimum atomic E-state index is -1.74. The van der Waals surface area contributed by atoms with E-state index < -0.39 is 88.5 Å². The van der Waals surface area contributed by atoms with Gasteiger partial charge in [-0.2, -0.15) is 0 Å². The normalized spacial score (nSPS) is 42.8. The summed E-state index contributed by atoms with van der Waals surface area (Å²) in [5.74, 6) is -4.04. The molecule has 0 radical (unpaired) electrons. The number of hydrogen-bond acceptors (Lipinski definition) is 12. The maximum absolute atomic E-state index is 12.7. The third-order valence-corrected chi connectivity index (χ3v) is 9.26. The van der Waals surface area contributed by atoms with Crippen LogP contribution in [0.1, 0.15) is 61.8 Å². The standard InChI is InChI=1S/C27H38O12/c1-11-16(32)9-26(24(6,7)34)17(11)18(33)20(36-12(2)28)25(8)19(21(26)37-13(3)29)27(39-15(5)31)10-35-23(27)22(25)38-14(4)30/h16,18-23,32-34H,9-10H2,1-8H3. The largest absolute Gasteiger partial charge is 0.461 e. The molecule has 12 nitrogen and oxygen atoms in total. The molecule has 4 aliphatic rings. The summed E-state index contributed by atoms with van der Waals surface area (Å²) in [6.07, 6.45) is -8.06. The van der Waals surface area contributed by atoms with Crippen molar-refractivity contribution in [2.45, 2.75) is 110 Å². The molecular weight excluding hydrogens is 516 g/mol. The van der Waals surface area contributed by atoms with Crippen LogP contribution in [0.25, 0.3) is 0 Å². The van der Waals surface area contributed by atoms with Crippen LogP contribution < -0.4 is 0 Å². The van der Waals surface area contributed by atoms with E-state index in [2.05, 4.69) is 0 Å². The second kappa shape index (κ2) is 9.25. The van der Waals surface area contributed by atoms with Crippen LogP contribution in [-0.2, 0) is 42.9 Å². The Morgan fingerprint density at radius 3 is 1.85 bits per heavy atom. The van der Waals surface area contributed by atoms with Crippen LogP contribution in [-0.4, -0.2) is 93.6 Å². The van der Waals surface area contributed by atoms with Crippen LogP contribution >= 0.6 is 0 Å². The molecule has 0 spiro atoms. The van der Waals surface area contributed by atoms with Crippen molar-refractivity contribution in [1.82, 2.24) is 0 Å². The molecule has 1 aliphatic heterocycles. The van der Waals surface area contributed by atoms with Gasteiger partial charge < -0.3 is 39.0 Å². The van der Waals surface area contributed by atoms with Gasteiger partial charge >= 0.3 is 23.9 Å². The maximum Gasteiger partial charge on any atom is 0.303 e. The van der Waals surface area contributed by atoms with E-state index in [1.54, 1.807) is 13.8 Å². The topological polar surface area (TPSA) is 175 Å². The van der Waals surface area contributed by atoms with E-state index in [0.717, 1.165) is 6.92 Å². The van der Waals surface area contributed by atoms with Crippen molar-refractivity contribution in [2.24, 2.45) is 16.7 Å². The minimum Gasteiger partial charge on any atom is -0.461 e. The molecule has 0 bridgehead atoms. The van der Waals surface area contributed by atoms with Crippen molar-refractivity contribution in [1.29, 1.82) is 0 Å². The van der Waals surface area contributed by atoms with Gasteiger partial charge in [0.15, 0.2) is 5.60 Å². The van der Waals surface area contributed by atoms with Crippen molar-refractivity contribution in [3.05, 3.63) is 11.1 Å². The van der Waals surface area contributed by atoms with Crippen molar-refractivity contribution < 1.29 is 58.2 Å². The number of rotatable bonds is 5. The zero-order valence-electron chi connectivity index (χ0n) is 23.5. The lowest BCUT2D eigenvalue weighted by atomic mass is 9.58. The van der Waals surface area contributed by atoms with E-state index in [4.69, 9.17) is 23.7 Å². The Labute approximate surface area is 226 Å². The number of esters is 4. The summed E-state index contributed by atoms with van der Waals surface area (Å²) in [4.78, 5) is 50.1. The van der Waals surface area contributed by atoms with E-state index in [1.165, 1.54) is 34.6 Å². The molecule has 218 valence electrons. The van der Waals surface area contributed by atoms with Crippen LogP contribution in [0.5, 0.6) is 0 Å². The third kappa shape index (κ3) is 3.93. The Hall–Kier alpha value is -2.54. The van der Waals surface area contributed by atoms with Gasteiger partial charge in [-0.3, -0.25) is 19.2 Å². The van der Waals surface area contributed by atoms with Crippen molar-refractivity contribution in [3.8, 4) is 0 Å². The van der Waals surface area contributed by atoms with Gasteiger partial charge in [0.2, 0.25) is 0 Å². The molecule has 0 amide bonds. The van der Waals surface area contributed by atoms with E-state index >= 15 is 0 Å². The average molecular weight is 555 g/mol. The number of hydrogen-bond donors (Lipinski definition) is 3. The molecule has 0 aromatic rings. The Morgan fingerprint density at radius 1 is 0.897 bits per heavy atom. The Bertz CT molecular complexity index is 1120. The van der Waals surface area contributed by atoms with Gasteiger partial charge in [0.25, 0.3) is 0 Å². The first-order chi connectivity index (χ1) is 17.9. The van der Waals surface area contributed by atoms with Crippen molar-refractivity contribution in [2.75, 3.05) is 6.61 Å². The predicted octanol–water partition coefficient (Wildman–Crippen LogP) is 0.331. The molecule has 10 unspecified atom stereocenters. The molecule has 39 heavy (non-hydrogen) atoms. The fraction of sp³-hybridized carbons (Fsp3) is 0.778. The molecule has 3 aliphatic carbocycles. The summed E-state index contributed by atoms with van der Waals surface area (Å²) >= 11 is 0. The predicted molar refractivity (Wildman–Crippen MR) is 131 cm³/mol. The third-order valence-electron chi connectivity index (χ3n) is 9.26. The highest BCUT2D eigenvalue weighted by Crippen LogP contribution is 2.70. The summed E-state index contributed by atoms with van der Waals surface area (Å²) in [7, 11) is 0. The molecule has 3 N–H and O–H groups in total. The molecule has 0 aromatic carbocycles. The number of fused-ring (bicyclic) bond motifs is 4. The highest BCUT2D eigenvalue weighted by Gasteiger charge is 2.84. The molecule has 10 atom stereocenters. The van der Waals surface area contributed by atoms with Gasteiger partial charge in [0.05, 0.1) is 35.1 Å². The van der Waals surface area contributed by atoms with Crippen LogP contribution in [0.4, 0.5) is 0 Å². The highest BCUT2D eigenvalue weighted by atomic mass is 16.7. The first-order valence-electron chi connectivity index (χ1n) is 13.0. The second-order valence-electron chi connectivity index (χ2n) is 12.0. The minimum absolute atomic E-state index is 0.145. The van der Waals surface area contributed by atoms with Gasteiger partial charge in [-0.05, 0) is 38.3 Å². The van der Waals surface area contributed by atoms with Crippen LogP contribution in [0.2, 0.25) is 0 Å². The van der Waals surface area contributed by atoms with Crippen molar-refractivity contribution >= 4 is 23.9 Å². The first kappa shape index (κ1) is 29.4. The lowest BCUT2D eigenvalue weighted by Gasteiger charge is -2.54. The Morgan fingerprint density at radius 2 is 1.41 bits per heavy atom. The van der Waals surface area contributed by atoms with Gasteiger partial charge in [0.1, 0.15) is 30.5 Å².